The molecule has 5 rings (SSSR count). The molecular formula is C26H24ClN3O3S. The van der Waals surface area contributed by atoms with Crippen LogP contribution in [0.5, 0.6) is 5.75 Å². The lowest BCUT2D eigenvalue weighted by Crippen LogP contribution is -2.37. The molecule has 0 amide bonds. The number of nitrogens with zero attached hydrogens (tertiary/aromatic N) is 1. The van der Waals surface area contributed by atoms with Crippen molar-refractivity contribution in [2.45, 2.75) is 43.5 Å². The van der Waals surface area contributed by atoms with Crippen LogP contribution in [0.1, 0.15) is 49.3 Å². The number of rotatable bonds is 4. The summed E-state index contributed by atoms with van der Waals surface area (Å²) in [5.41, 5.74) is 2.89. The first-order chi connectivity index (χ1) is 16.2. The second-order valence-electron chi connectivity index (χ2n) is 9.50. The highest BCUT2D eigenvalue weighted by molar-refractivity contribution is 7.98. The van der Waals surface area contributed by atoms with Gasteiger partial charge in [-0.3, -0.25) is 9.59 Å². The monoisotopic (exact) mass is 493 g/mol. The number of allylic oxidation sites excluding steroid dienone is 2. The van der Waals surface area contributed by atoms with E-state index in [0.717, 1.165) is 11.3 Å². The number of phenolic OH excluding ortho intramolecular Hbond substituents is 1. The van der Waals surface area contributed by atoms with E-state index in [0.29, 0.717) is 51.3 Å². The van der Waals surface area contributed by atoms with Crippen LogP contribution in [0.15, 0.2) is 69.8 Å². The number of halogens is 1. The average molecular weight is 494 g/mol. The lowest BCUT2D eigenvalue weighted by Gasteiger charge is -2.38. The van der Waals surface area contributed by atoms with Crippen molar-refractivity contribution in [1.29, 1.82) is 0 Å². The van der Waals surface area contributed by atoms with Gasteiger partial charge in [0.05, 0.1) is 5.56 Å². The van der Waals surface area contributed by atoms with Gasteiger partial charge in [-0.05, 0) is 41.2 Å². The molecule has 2 heterocycles. The molecule has 0 saturated carbocycles. The summed E-state index contributed by atoms with van der Waals surface area (Å²) < 4.78 is 0. The van der Waals surface area contributed by atoms with E-state index in [1.807, 2.05) is 30.3 Å². The number of thioether (sulfide) groups is 1. The van der Waals surface area contributed by atoms with Crippen molar-refractivity contribution in [3.8, 4) is 5.75 Å². The van der Waals surface area contributed by atoms with E-state index in [9.17, 15) is 14.7 Å². The van der Waals surface area contributed by atoms with Crippen LogP contribution in [0.25, 0.3) is 0 Å². The minimum absolute atomic E-state index is 0.00862. The molecule has 0 spiro atoms. The van der Waals surface area contributed by atoms with E-state index in [1.54, 1.807) is 18.2 Å². The van der Waals surface area contributed by atoms with Crippen LogP contribution in [-0.2, 0) is 10.5 Å². The van der Waals surface area contributed by atoms with E-state index in [1.165, 1.54) is 11.8 Å². The Hall–Kier alpha value is -3.03. The Labute approximate surface area is 206 Å². The number of phenols is 1. The predicted octanol–water partition coefficient (Wildman–Crippen LogP) is 5.62. The van der Waals surface area contributed by atoms with Gasteiger partial charge in [-0.1, -0.05) is 67.5 Å². The zero-order valence-electron chi connectivity index (χ0n) is 18.8. The van der Waals surface area contributed by atoms with Crippen LogP contribution in [-0.4, -0.2) is 20.9 Å². The number of carbonyl (C=O) groups excluding carboxylic acids is 1. The third kappa shape index (κ3) is 4.26. The highest BCUT2D eigenvalue weighted by Crippen LogP contribution is 2.48. The molecule has 2 aliphatic rings. The van der Waals surface area contributed by atoms with Gasteiger partial charge in [-0.25, -0.2) is 4.98 Å². The molecule has 1 atom stereocenters. The maximum atomic E-state index is 13.4. The molecule has 8 heteroatoms. The van der Waals surface area contributed by atoms with E-state index >= 15 is 0 Å². The Morgan fingerprint density at radius 1 is 1.15 bits per heavy atom. The van der Waals surface area contributed by atoms with Crippen molar-refractivity contribution in [3.05, 3.63) is 91.9 Å². The highest BCUT2D eigenvalue weighted by Gasteiger charge is 2.42. The summed E-state index contributed by atoms with van der Waals surface area (Å²) in [6, 6.07) is 14.3. The standard InChI is InChI=1S/C26H24ClN3O3S/c1-26(2)11-18-21(19(32)12-26)20(14-7-5-8-16(31)10-14)22-23(28-18)29-25(30-24(22)33)34-13-15-6-3-4-9-17(15)27/h3-10,20,31H,11-13H2,1-2H3,(H2,28,29,30,33)/t20-/m1/s1. The number of fused-ring (bicyclic) bond motifs is 1. The minimum atomic E-state index is -0.596. The fourth-order valence-electron chi connectivity index (χ4n) is 4.76. The minimum Gasteiger partial charge on any atom is -0.508 e. The number of aromatic nitrogens is 2. The van der Waals surface area contributed by atoms with Crippen molar-refractivity contribution in [3.63, 3.8) is 0 Å². The van der Waals surface area contributed by atoms with Crippen molar-refractivity contribution < 1.29 is 9.90 Å². The van der Waals surface area contributed by atoms with Crippen LogP contribution in [0.3, 0.4) is 0 Å². The van der Waals surface area contributed by atoms with Gasteiger partial charge < -0.3 is 15.4 Å². The van der Waals surface area contributed by atoms with Crippen molar-refractivity contribution in [1.82, 2.24) is 9.97 Å². The number of hydrogen-bond acceptors (Lipinski definition) is 6. The van der Waals surface area contributed by atoms with Gasteiger partial charge in [-0.2, -0.15) is 0 Å². The summed E-state index contributed by atoms with van der Waals surface area (Å²) in [4.78, 5) is 34.3. The third-order valence-corrected chi connectivity index (χ3v) is 7.52. The Balaban J connectivity index is 1.59. The van der Waals surface area contributed by atoms with Crippen molar-refractivity contribution in [2.75, 3.05) is 5.32 Å². The Morgan fingerprint density at radius 3 is 2.71 bits per heavy atom. The van der Waals surface area contributed by atoms with Gasteiger partial charge >= 0.3 is 0 Å². The molecule has 34 heavy (non-hydrogen) atoms. The molecule has 0 unspecified atom stereocenters. The second-order valence-corrected chi connectivity index (χ2v) is 10.9. The molecule has 1 aliphatic carbocycles. The summed E-state index contributed by atoms with van der Waals surface area (Å²) in [7, 11) is 0. The van der Waals surface area contributed by atoms with Gasteiger partial charge in [0, 0.05) is 34.4 Å². The fourth-order valence-corrected chi connectivity index (χ4v) is 5.91. The Bertz CT molecular complexity index is 1400. The average Bonchev–Trinajstić information content (AvgIpc) is 2.76. The van der Waals surface area contributed by atoms with Gasteiger partial charge in [0.2, 0.25) is 0 Å². The highest BCUT2D eigenvalue weighted by atomic mass is 35.5. The molecule has 6 nitrogen and oxygen atoms in total. The summed E-state index contributed by atoms with van der Waals surface area (Å²) >= 11 is 7.67. The summed E-state index contributed by atoms with van der Waals surface area (Å²) in [5.74, 6) is 0.495. The maximum absolute atomic E-state index is 13.4. The number of carbonyl (C=O) groups is 1. The maximum Gasteiger partial charge on any atom is 0.257 e. The second kappa shape index (κ2) is 8.64. The zero-order chi connectivity index (χ0) is 24.0. The molecule has 3 N–H and O–H groups in total. The molecule has 0 radical (unpaired) electrons. The van der Waals surface area contributed by atoms with Crippen LogP contribution < -0.4 is 10.9 Å². The summed E-state index contributed by atoms with van der Waals surface area (Å²) in [6.45, 7) is 4.12. The topological polar surface area (TPSA) is 95.1 Å². The molecule has 2 aromatic carbocycles. The number of aromatic amines is 1. The normalized spacial score (nSPS) is 18.8. The number of Topliss-reactive ketones (excluding diaryl/α,β-unsaturated/α-hetero) is 1. The van der Waals surface area contributed by atoms with E-state index in [4.69, 9.17) is 16.6 Å². The van der Waals surface area contributed by atoms with Crippen molar-refractivity contribution >= 4 is 35.0 Å². The molecule has 174 valence electrons. The fraction of sp³-hybridized carbons (Fsp3) is 0.269. The smallest absolute Gasteiger partial charge is 0.257 e. The number of nitrogens with one attached hydrogen (secondary N) is 2. The van der Waals surface area contributed by atoms with Gasteiger partial charge in [-0.15, -0.1) is 0 Å². The molecule has 0 saturated heterocycles. The third-order valence-electron chi connectivity index (χ3n) is 6.23. The van der Waals surface area contributed by atoms with E-state index < -0.39 is 5.92 Å². The number of hydrogen-bond donors (Lipinski definition) is 3. The molecule has 3 aromatic rings. The molecule has 0 fully saturated rings. The van der Waals surface area contributed by atoms with Crippen molar-refractivity contribution in [2.24, 2.45) is 5.41 Å². The van der Waals surface area contributed by atoms with Crippen LogP contribution >= 0.6 is 23.4 Å². The first-order valence-corrected chi connectivity index (χ1v) is 12.4. The predicted molar refractivity (Wildman–Crippen MR) is 134 cm³/mol. The number of aromatic hydroxyl groups is 1. The lowest BCUT2D eigenvalue weighted by atomic mass is 9.69. The zero-order valence-corrected chi connectivity index (χ0v) is 20.4. The van der Waals surface area contributed by atoms with Gasteiger partial charge in [0.15, 0.2) is 10.9 Å². The lowest BCUT2D eigenvalue weighted by molar-refractivity contribution is -0.118. The molecule has 1 aromatic heterocycles. The SMILES string of the molecule is CC1(C)CC(=O)C2=C(C1)Nc1nc(SCc3ccccc3Cl)[nH]c(=O)c1[C@@H]2c1cccc(O)c1. The summed E-state index contributed by atoms with van der Waals surface area (Å²) in [5, 5.41) is 14.6. The van der Waals surface area contributed by atoms with E-state index in [-0.39, 0.29) is 22.5 Å². The van der Waals surface area contributed by atoms with Crippen LogP contribution in [0.4, 0.5) is 5.82 Å². The number of H-pyrrole nitrogens is 1. The Kier molecular flexibility index (Phi) is 5.78. The number of ketones is 1. The van der Waals surface area contributed by atoms with Gasteiger partial charge in [0.25, 0.3) is 5.56 Å². The molecule has 0 bridgehead atoms. The number of anilines is 1. The first-order valence-electron chi connectivity index (χ1n) is 11.0. The largest absolute Gasteiger partial charge is 0.508 e. The first kappa shape index (κ1) is 22.7. The molecular weight excluding hydrogens is 470 g/mol. The Morgan fingerprint density at radius 2 is 1.94 bits per heavy atom. The van der Waals surface area contributed by atoms with Crippen LogP contribution in [0, 0.1) is 5.41 Å². The molecule has 1 aliphatic heterocycles. The van der Waals surface area contributed by atoms with E-state index in [2.05, 4.69) is 24.1 Å². The van der Waals surface area contributed by atoms with Gasteiger partial charge in [0.1, 0.15) is 11.6 Å². The quantitative estimate of drug-likeness (QED) is 0.322. The van der Waals surface area contributed by atoms with Crippen LogP contribution in [0.2, 0.25) is 5.02 Å². The number of benzene rings is 2. The summed E-state index contributed by atoms with van der Waals surface area (Å²) in [6.07, 6.45) is 1.06.